The molecule has 0 aromatic rings. The van der Waals surface area contributed by atoms with Crippen molar-refractivity contribution in [1.82, 2.24) is 0 Å². The first-order valence-corrected chi connectivity index (χ1v) is 6.82. The number of Topliss-reactive ketones (excluding diaryl/α,β-unsaturated/α-hetero) is 1. The van der Waals surface area contributed by atoms with Crippen molar-refractivity contribution in [2.45, 2.75) is 40.0 Å². The largest absolute Gasteiger partial charge is 0.481 e. The molecule has 2 aliphatic rings. The zero-order valence-corrected chi connectivity index (χ0v) is 12.0. The number of ketones is 1. The third-order valence-electron chi connectivity index (χ3n) is 5.46. The topological polar surface area (TPSA) is 91.7 Å². The van der Waals surface area contributed by atoms with Crippen molar-refractivity contribution in [2.24, 2.45) is 22.7 Å². The van der Waals surface area contributed by atoms with Crippen LogP contribution in [0.5, 0.6) is 0 Å². The van der Waals surface area contributed by atoms with E-state index >= 15 is 0 Å². The summed E-state index contributed by atoms with van der Waals surface area (Å²) < 4.78 is 0. The molecule has 5 heteroatoms. The van der Waals surface area contributed by atoms with Crippen LogP contribution in [0.3, 0.4) is 0 Å². The van der Waals surface area contributed by atoms with Gasteiger partial charge in [0.25, 0.3) is 0 Å². The number of aliphatic carboxylic acids is 2. The first-order chi connectivity index (χ1) is 9.11. The fourth-order valence-corrected chi connectivity index (χ4v) is 3.74. The van der Waals surface area contributed by atoms with Crippen molar-refractivity contribution in [3.8, 4) is 0 Å². The predicted molar refractivity (Wildman–Crippen MR) is 71.1 cm³/mol. The number of carboxylic acid groups (broad SMARTS) is 2. The van der Waals surface area contributed by atoms with Gasteiger partial charge in [0.05, 0.1) is 12.3 Å². The summed E-state index contributed by atoms with van der Waals surface area (Å²) in [6.07, 6.45) is 2.57. The Balaban J connectivity index is 2.38. The van der Waals surface area contributed by atoms with Crippen LogP contribution in [0.1, 0.15) is 40.0 Å². The Morgan fingerprint density at radius 3 is 2.35 bits per heavy atom. The molecule has 0 saturated heterocycles. The van der Waals surface area contributed by atoms with Gasteiger partial charge in [-0.25, -0.2) is 0 Å². The number of hydrogen-bond donors (Lipinski definition) is 2. The van der Waals surface area contributed by atoms with Gasteiger partial charge in [0.15, 0.2) is 5.78 Å². The maximum absolute atomic E-state index is 12.5. The molecular formula is C15H20O5. The Hall–Kier alpha value is -1.65. The van der Waals surface area contributed by atoms with E-state index in [2.05, 4.69) is 0 Å². The molecular weight excluding hydrogens is 260 g/mol. The highest BCUT2D eigenvalue weighted by atomic mass is 16.4. The van der Waals surface area contributed by atoms with Gasteiger partial charge in [0, 0.05) is 5.41 Å². The van der Waals surface area contributed by atoms with Gasteiger partial charge in [-0.2, -0.15) is 0 Å². The Morgan fingerprint density at radius 2 is 1.95 bits per heavy atom. The van der Waals surface area contributed by atoms with Crippen molar-refractivity contribution in [3.63, 3.8) is 0 Å². The highest BCUT2D eigenvalue weighted by Crippen LogP contribution is 2.65. The van der Waals surface area contributed by atoms with E-state index in [1.807, 2.05) is 20.8 Å². The first-order valence-electron chi connectivity index (χ1n) is 6.82. The maximum atomic E-state index is 12.5. The van der Waals surface area contributed by atoms with E-state index in [-0.39, 0.29) is 17.1 Å². The molecule has 2 rings (SSSR count). The normalized spacial score (nSPS) is 34.5. The lowest BCUT2D eigenvalue weighted by Crippen LogP contribution is -2.32. The number of carboxylic acids is 2. The SMILES string of the molecule is CC1(C)[C@H]2CC[C@]1(C)C(=O)/C2=C/[C@@H](CC(=O)O)C(=O)O. The molecule has 2 N–H and O–H groups in total. The summed E-state index contributed by atoms with van der Waals surface area (Å²) in [5.41, 5.74) is -0.116. The number of allylic oxidation sites excluding steroid dienone is 1. The minimum absolute atomic E-state index is 0.00427. The predicted octanol–water partition coefficient (Wildman–Crippen LogP) is 2.11. The summed E-state index contributed by atoms with van der Waals surface area (Å²) >= 11 is 0. The molecule has 0 aliphatic heterocycles. The molecule has 2 fully saturated rings. The fraction of sp³-hybridized carbons (Fsp3) is 0.667. The zero-order chi connectivity index (χ0) is 15.3. The molecule has 2 saturated carbocycles. The number of rotatable bonds is 4. The van der Waals surface area contributed by atoms with Gasteiger partial charge in [0.1, 0.15) is 0 Å². The highest BCUT2D eigenvalue weighted by molar-refractivity contribution is 6.05. The molecule has 0 radical (unpaired) electrons. The van der Waals surface area contributed by atoms with Crippen molar-refractivity contribution >= 4 is 17.7 Å². The van der Waals surface area contributed by atoms with Gasteiger partial charge >= 0.3 is 11.9 Å². The molecule has 110 valence electrons. The monoisotopic (exact) mass is 280 g/mol. The average Bonchev–Trinajstić information content (AvgIpc) is 2.62. The van der Waals surface area contributed by atoms with E-state index in [1.54, 1.807) is 0 Å². The minimum atomic E-state index is -1.20. The second-order valence-corrected chi connectivity index (χ2v) is 6.64. The van der Waals surface area contributed by atoms with Gasteiger partial charge in [-0.3, -0.25) is 14.4 Å². The molecule has 2 aliphatic carbocycles. The Kier molecular flexibility index (Phi) is 3.27. The summed E-state index contributed by atoms with van der Waals surface area (Å²) in [6.45, 7) is 6.01. The van der Waals surface area contributed by atoms with Gasteiger partial charge in [-0.05, 0) is 29.7 Å². The van der Waals surface area contributed by atoms with Crippen LogP contribution in [-0.4, -0.2) is 27.9 Å². The summed E-state index contributed by atoms with van der Waals surface area (Å²) in [4.78, 5) is 34.4. The van der Waals surface area contributed by atoms with Crippen molar-refractivity contribution < 1.29 is 24.6 Å². The van der Waals surface area contributed by atoms with Crippen LogP contribution < -0.4 is 0 Å². The van der Waals surface area contributed by atoms with E-state index in [0.29, 0.717) is 5.57 Å². The Labute approximate surface area is 117 Å². The molecule has 0 heterocycles. The van der Waals surface area contributed by atoms with Gasteiger partial charge in [0.2, 0.25) is 0 Å². The number of carbonyl (C=O) groups excluding carboxylic acids is 1. The van der Waals surface area contributed by atoms with E-state index < -0.39 is 29.7 Å². The molecule has 0 spiro atoms. The van der Waals surface area contributed by atoms with Crippen LogP contribution in [-0.2, 0) is 14.4 Å². The van der Waals surface area contributed by atoms with Gasteiger partial charge in [-0.1, -0.05) is 26.8 Å². The van der Waals surface area contributed by atoms with Crippen LogP contribution in [0.2, 0.25) is 0 Å². The van der Waals surface area contributed by atoms with Crippen molar-refractivity contribution in [2.75, 3.05) is 0 Å². The lowest BCUT2D eigenvalue weighted by molar-refractivity contribution is -0.146. The number of hydrogen-bond acceptors (Lipinski definition) is 3. The Bertz CT molecular complexity index is 516. The van der Waals surface area contributed by atoms with Gasteiger partial charge < -0.3 is 10.2 Å². The van der Waals surface area contributed by atoms with Crippen LogP contribution in [0.25, 0.3) is 0 Å². The standard InChI is InChI=1S/C15H20O5/c1-14(2)10-4-5-15(14,3)12(18)9(10)6-8(13(19)20)7-11(16)17/h6,8,10H,4-5,7H2,1-3H3,(H,16,17)(H,19,20)/b9-6+/t8-,10-,15+/m0/s1. The van der Waals surface area contributed by atoms with Crippen LogP contribution in [0.4, 0.5) is 0 Å². The van der Waals surface area contributed by atoms with Crippen LogP contribution in [0, 0.1) is 22.7 Å². The average molecular weight is 280 g/mol. The zero-order valence-electron chi connectivity index (χ0n) is 12.0. The second-order valence-electron chi connectivity index (χ2n) is 6.64. The smallest absolute Gasteiger partial charge is 0.310 e. The molecule has 0 aromatic carbocycles. The summed E-state index contributed by atoms with van der Waals surface area (Å²) in [5.74, 6) is -3.47. The lowest BCUT2D eigenvalue weighted by Gasteiger charge is -2.31. The van der Waals surface area contributed by atoms with E-state index in [0.717, 1.165) is 12.8 Å². The molecule has 3 atom stereocenters. The lowest BCUT2D eigenvalue weighted by atomic mass is 9.70. The summed E-state index contributed by atoms with van der Waals surface area (Å²) in [5, 5.41) is 17.9. The molecule has 0 unspecified atom stereocenters. The maximum Gasteiger partial charge on any atom is 0.310 e. The molecule has 0 amide bonds. The number of carbonyl (C=O) groups is 3. The third-order valence-corrected chi connectivity index (χ3v) is 5.46. The summed E-state index contributed by atoms with van der Waals surface area (Å²) in [7, 11) is 0. The quantitative estimate of drug-likeness (QED) is 0.769. The minimum Gasteiger partial charge on any atom is -0.481 e. The third kappa shape index (κ3) is 1.87. The fourth-order valence-electron chi connectivity index (χ4n) is 3.74. The molecule has 0 aromatic heterocycles. The van der Waals surface area contributed by atoms with Gasteiger partial charge in [-0.15, -0.1) is 0 Å². The van der Waals surface area contributed by atoms with Crippen molar-refractivity contribution in [1.29, 1.82) is 0 Å². The first kappa shape index (κ1) is 14.8. The van der Waals surface area contributed by atoms with E-state index in [4.69, 9.17) is 10.2 Å². The molecule has 20 heavy (non-hydrogen) atoms. The Morgan fingerprint density at radius 1 is 1.35 bits per heavy atom. The highest BCUT2D eigenvalue weighted by Gasteiger charge is 2.63. The van der Waals surface area contributed by atoms with Crippen molar-refractivity contribution in [3.05, 3.63) is 11.6 Å². The van der Waals surface area contributed by atoms with Crippen LogP contribution in [0.15, 0.2) is 11.6 Å². The second kappa shape index (κ2) is 4.43. The van der Waals surface area contributed by atoms with E-state index in [9.17, 15) is 14.4 Å². The summed E-state index contributed by atoms with van der Waals surface area (Å²) in [6, 6.07) is 0. The molecule has 2 bridgehead atoms. The van der Waals surface area contributed by atoms with E-state index in [1.165, 1.54) is 6.08 Å². The van der Waals surface area contributed by atoms with Crippen LogP contribution >= 0.6 is 0 Å². The number of fused-ring (bicyclic) bond motifs is 2. The molecule has 5 nitrogen and oxygen atoms in total.